The van der Waals surface area contributed by atoms with Gasteiger partial charge in [-0.15, -0.1) is 0 Å². The minimum Gasteiger partial charge on any atom is -0.392 e. The first kappa shape index (κ1) is 16.1. The van der Waals surface area contributed by atoms with Crippen LogP contribution in [-0.2, 0) is 12.1 Å². The monoisotopic (exact) mass is 330 g/mol. The summed E-state index contributed by atoms with van der Waals surface area (Å²) in [6.45, 7) is -0.670. The second-order valence-corrected chi connectivity index (χ2v) is 5.63. The highest BCUT2D eigenvalue weighted by atomic mass is 19.4. The maximum absolute atomic E-state index is 13.9. The third-order valence-corrected chi connectivity index (χ3v) is 3.87. The molecule has 1 aliphatic carbocycles. The van der Waals surface area contributed by atoms with Gasteiger partial charge in [0.05, 0.1) is 6.61 Å². The summed E-state index contributed by atoms with van der Waals surface area (Å²) in [6, 6.07) is 1.75. The maximum Gasteiger partial charge on any atom is 0.422 e. The standard InChI is InChI=1S/C15H14F4N2O2/c16-11-6-10-12(5-9(11)7-22)20-13(23)21-14(10,15(17,18)19)4-3-8-1-2-8/h5-6,8,13,20-23H,1-2,7H2. The lowest BCUT2D eigenvalue weighted by Crippen LogP contribution is -2.61. The number of aliphatic hydroxyl groups excluding tert-OH is 2. The molecule has 2 unspecified atom stereocenters. The molecule has 8 heteroatoms. The molecule has 2 aliphatic rings. The lowest BCUT2D eigenvalue weighted by atomic mass is 9.85. The predicted octanol–water partition coefficient (Wildman–Crippen LogP) is 1.78. The van der Waals surface area contributed by atoms with Gasteiger partial charge in [-0.1, -0.05) is 11.8 Å². The van der Waals surface area contributed by atoms with Crippen LogP contribution in [-0.4, -0.2) is 22.7 Å². The Morgan fingerprint density at radius 1 is 1.30 bits per heavy atom. The van der Waals surface area contributed by atoms with Gasteiger partial charge in [0, 0.05) is 22.7 Å². The molecule has 0 saturated heterocycles. The molecule has 0 bridgehead atoms. The first-order valence-electron chi connectivity index (χ1n) is 7.02. The van der Waals surface area contributed by atoms with Crippen molar-refractivity contribution in [1.29, 1.82) is 0 Å². The van der Waals surface area contributed by atoms with Crippen molar-refractivity contribution in [3.63, 3.8) is 0 Å². The van der Waals surface area contributed by atoms with Gasteiger partial charge in [0.25, 0.3) is 0 Å². The topological polar surface area (TPSA) is 64.5 Å². The molecular formula is C15H14F4N2O2. The molecular weight excluding hydrogens is 316 g/mol. The summed E-state index contributed by atoms with van der Waals surface area (Å²) in [5, 5.41) is 23.2. The zero-order valence-electron chi connectivity index (χ0n) is 11.8. The van der Waals surface area contributed by atoms with Crippen LogP contribution < -0.4 is 10.6 Å². The van der Waals surface area contributed by atoms with Crippen molar-refractivity contribution in [2.45, 2.75) is 37.5 Å². The van der Waals surface area contributed by atoms with Crippen LogP contribution in [0.15, 0.2) is 12.1 Å². The smallest absolute Gasteiger partial charge is 0.392 e. The molecule has 1 saturated carbocycles. The number of rotatable bonds is 1. The summed E-state index contributed by atoms with van der Waals surface area (Å²) < 4.78 is 55.2. The van der Waals surface area contributed by atoms with Gasteiger partial charge in [-0.2, -0.15) is 13.2 Å². The minimum atomic E-state index is -4.88. The fourth-order valence-electron chi connectivity index (χ4n) is 2.48. The normalized spacial score (nSPS) is 26.8. The zero-order chi connectivity index (χ0) is 16.8. The van der Waals surface area contributed by atoms with E-state index in [0.717, 1.165) is 18.9 Å². The number of hydrogen-bond donors (Lipinski definition) is 4. The van der Waals surface area contributed by atoms with E-state index in [4.69, 9.17) is 5.11 Å². The number of nitrogens with one attached hydrogen (secondary N) is 2. The fourth-order valence-corrected chi connectivity index (χ4v) is 2.48. The van der Waals surface area contributed by atoms with E-state index < -0.39 is 36.1 Å². The van der Waals surface area contributed by atoms with Crippen molar-refractivity contribution in [3.05, 3.63) is 29.1 Å². The molecule has 4 nitrogen and oxygen atoms in total. The quantitative estimate of drug-likeness (QED) is 0.468. The molecule has 1 aromatic carbocycles. The number of halogens is 4. The van der Waals surface area contributed by atoms with Gasteiger partial charge in [-0.3, -0.25) is 0 Å². The third-order valence-electron chi connectivity index (χ3n) is 3.87. The highest BCUT2D eigenvalue weighted by Gasteiger charge is 2.59. The van der Waals surface area contributed by atoms with Crippen LogP contribution in [0.25, 0.3) is 0 Å². The minimum absolute atomic E-state index is 0.104. The molecule has 23 heavy (non-hydrogen) atoms. The number of hydrogen-bond acceptors (Lipinski definition) is 4. The predicted molar refractivity (Wildman–Crippen MR) is 73.3 cm³/mol. The van der Waals surface area contributed by atoms with E-state index in [1.807, 2.05) is 5.32 Å². The molecule has 0 spiro atoms. The molecule has 0 radical (unpaired) electrons. The van der Waals surface area contributed by atoms with E-state index in [0.29, 0.717) is 6.07 Å². The van der Waals surface area contributed by atoms with E-state index in [2.05, 4.69) is 17.2 Å². The molecule has 2 atom stereocenters. The van der Waals surface area contributed by atoms with Gasteiger partial charge in [-0.05, 0) is 25.0 Å². The fraction of sp³-hybridized carbons (Fsp3) is 0.467. The van der Waals surface area contributed by atoms with Crippen LogP contribution in [0, 0.1) is 23.6 Å². The Morgan fingerprint density at radius 3 is 2.57 bits per heavy atom. The van der Waals surface area contributed by atoms with E-state index in [-0.39, 0.29) is 17.2 Å². The summed E-state index contributed by atoms with van der Waals surface area (Å²) >= 11 is 0. The lowest BCUT2D eigenvalue weighted by Gasteiger charge is -2.40. The molecule has 4 N–H and O–H groups in total. The van der Waals surface area contributed by atoms with Crippen molar-refractivity contribution >= 4 is 5.69 Å². The van der Waals surface area contributed by atoms with Crippen molar-refractivity contribution in [3.8, 4) is 11.8 Å². The largest absolute Gasteiger partial charge is 0.422 e. The van der Waals surface area contributed by atoms with Crippen LogP contribution in [0.2, 0.25) is 0 Å². The highest BCUT2D eigenvalue weighted by molar-refractivity contribution is 5.62. The highest BCUT2D eigenvalue weighted by Crippen LogP contribution is 2.45. The average molecular weight is 330 g/mol. The van der Waals surface area contributed by atoms with Crippen LogP contribution in [0.1, 0.15) is 24.0 Å². The SMILES string of the molecule is OCc1cc2c(cc1F)C(C#CC1CC1)(C(F)(F)F)NC(O)N2. The molecule has 1 aromatic rings. The molecule has 3 rings (SSSR count). The van der Waals surface area contributed by atoms with Gasteiger partial charge in [0.15, 0.2) is 6.35 Å². The number of anilines is 1. The first-order valence-corrected chi connectivity index (χ1v) is 7.02. The summed E-state index contributed by atoms with van der Waals surface area (Å²) in [7, 11) is 0. The maximum atomic E-state index is 13.9. The second-order valence-electron chi connectivity index (χ2n) is 5.63. The van der Waals surface area contributed by atoms with Crippen molar-refractivity contribution in [1.82, 2.24) is 5.32 Å². The van der Waals surface area contributed by atoms with Crippen molar-refractivity contribution in [2.24, 2.45) is 5.92 Å². The van der Waals surface area contributed by atoms with Crippen molar-refractivity contribution in [2.75, 3.05) is 5.32 Å². The lowest BCUT2D eigenvalue weighted by molar-refractivity contribution is -0.190. The summed E-state index contributed by atoms with van der Waals surface area (Å²) in [4.78, 5) is 0. The zero-order valence-corrected chi connectivity index (χ0v) is 11.8. The second kappa shape index (κ2) is 5.37. The first-order chi connectivity index (χ1) is 10.8. The van der Waals surface area contributed by atoms with Crippen LogP contribution in [0.3, 0.4) is 0 Å². The molecule has 1 fully saturated rings. The van der Waals surface area contributed by atoms with Crippen molar-refractivity contribution < 1.29 is 27.8 Å². The Hall–Kier alpha value is -1.82. The Balaban J connectivity index is 2.21. The van der Waals surface area contributed by atoms with Gasteiger partial charge in [-0.25, -0.2) is 9.71 Å². The van der Waals surface area contributed by atoms with E-state index in [9.17, 15) is 22.7 Å². The summed E-state index contributed by atoms with van der Waals surface area (Å²) in [6.07, 6.45) is -5.13. The summed E-state index contributed by atoms with van der Waals surface area (Å²) in [5.41, 5.74) is -3.62. The molecule has 124 valence electrons. The van der Waals surface area contributed by atoms with Crippen LogP contribution in [0.5, 0.6) is 0 Å². The Kier molecular flexibility index (Phi) is 3.75. The van der Waals surface area contributed by atoms with Gasteiger partial charge < -0.3 is 15.5 Å². The Bertz CT molecular complexity index is 691. The van der Waals surface area contributed by atoms with E-state index >= 15 is 0 Å². The third kappa shape index (κ3) is 2.76. The molecule has 1 heterocycles. The van der Waals surface area contributed by atoms with E-state index in [1.54, 1.807) is 0 Å². The summed E-state index contributed by atoms with van der Waals surface area (Å²) in [5.74, 6) is 3.64. The van der Waals surface area contributed by atoms with Crippen LogP contribution in [0.4, 0.5) is 23.2 Å². The van der Waals surface area contributed by atoms with Gasteiger partial charge in [0.1, 0.15) is 5.82 Å². The Morgan fingerprint density at radius 2 is 2.00 bits per heavy atom. The van der Waals surface area contributed by atoms with Gasteiger partial charge >= 0.3 is 6.18 Å². The average Bonchev–Trinajstić information content (AvgIpc) is 3.27. The number of fused-ring (bicyclic) bond motifs is 1. The van der Waals surface area contributed by atoms with Gasteiger partial charge in [0.2, 0.25) is 5.54 Å². The number of alkyl halides is 3. The number of benzene rings is 1. The molecule has 0 amide bonds. The number of aliphatic hydroxyl groups is 2. The van der Waals surface area contributed by atoms with Crippen LogP contribution >= 0.6 is 0 Å². The molecule has 0 aromatic heterocycles. The molecule has 1 aliphatic heterocycles. The van der Waals surface area contributed by atoms with E-state index in [1.165, 1.54) is 0 Å². The Labute approximate surface area is 129 Å².